The Balaban J connectivity index is 1.82. The van der Waals surface area contributed by atoms with E-state index in [1.165, 1.54) is 18.9 Å². The normalized spacial score (nSPS) is 18.4. The van der Waals surface area contributed by atoms with E-state index in [1.807, 2.05) is 0 Å². The standard InChI is InChI=1S/C14H20FNO2/c1-10-3-6-12(7-13(10)15)18-9-14(2,17)8-16-11-4-5-11/h3,6-7,11,16-17H,4-5,8-9H2,1-2H3. The molecule has 1 fully saturated rings. The lowest BCUT2D eigenvalue weighted by Gasteiger charge is -2.24. The number of aliphatic hydroxyl groups is 1. The monoisotopic (exact) mass is 253 g/mol. The largest absolute Gasteiger partial charge is 0.490 e. The van der Waals surface area contributed by atoms with Crippen LogP contribution in [0.25, 0.3) is 0 Å². The predicted octanol–water partition coefficient (Wildman–Crippen LogP) is 2.02. The Hall–Kier alpha value is -1.13. The highest BCUT2D eigenvalue weighted by Crippen LogP contribution is 2.20. The summed E-state index contributed by atoms with van der Waals surface area (Å²) in [6.45, 7) is 4.06. The summed E-state index contributed by atoms with van der Waals surface area (Å²) in [6, 6.07) is 5.28. The van der Waals surface area contributed by atoms with Crippen LogP contribution in [0.1, 0.15) is 25.3 Å². The molecule has 1 unspecified atom stereocenters. The number of hydrogen-bond donors (Lipinski definition) is 2. The predicted molar refractivity (Wildman–Crippen MR) is 68.3 cm³/mol. The van der Waals surface area contributed by atoms with Gasteiger partial charge in [-0.1, -0.05) is 6.07 Å². The molecule has 100 valence electrons. The summed E-state index contributed by atoms with van der Waals surface area (Å²) >= 11 is 0. The SMILES string of the molecule is Cc1ccc(OCC(C)(O)CNC2CC2)cc1F. The number of halogens is 1. The first kappa shape index (κ1) is 13.3. The zero-order valence-corrected chi connectivity index (χ0v) is 10.9. The van der Waals surface area contributed by atoms with Gasteiger partial charge in [0.2, 0.25) is 0 Å². The molecule has 1 aliphatic rings. The molecule has 1 atom stereocenters. The highest BCUT2D eigenvalue weighted by molar-refractivity contribution is 5.28. The van der Waals surface area contributed by atoms with E-state index < -0.39 is 5.60 Å². The van der Waals surface area contributed by atoms with Crippen LogP contribution >= 0.6 is 0 Å². The molecule has 1 aromatic carbocycles. The van der Waals surface area contributed by atoms with E-state index >= 15 is 0 Å². The van der Waals surface area contributed by atoms with Crippen LogP contribution in [-0.2, 0) is 0 Å². The Morgan fingerprint density at radius 2 is 2.22 bits per heavy atom. The second-order valence-electron chi connectivity index (χ2n) is 5.35. The fourth-order valence-corrected chi connectivity index (χ4v) is 1.60. The third-order valence-electron chi connectivity index (χ3n) is 3.04. The van der Waals surface area contributed by atoms with Crippen LogP contribution in [0, 0.1) is 12.7 Å². The van der Waals surface area contributed by atoms with E-state index in [0.29, 0.717) is 23.9 Å². The van der Waals surface area contributed by atoms with Gasteiger partial charge in [0, 0.05) is 18.7 Å². The molecule has 18 heavy (non-hydrogen) atoms. The van der Waals surface area contributed by atoms with Crippen molar-refractivity contribution in [3.05, 3.63) is 29.6 Å². The average Bonchev–Trinajstić information content (AvgIpc) is 3.12. The van der Waals surface area contributed by atoms with Gasteiger partial charge in [-0.25, -0.2) is 4.39 Å². The lowest BCUT2D eigenvalue weighted by molar-refractivity contribution is 0.0119. The Kier molecular flexibility index (Phi) is 3.88. The van der Waals surface area contributed by atoms with Crippen molar-refractivity contribution in [2.45, 2.75) is 38.3 Å². The van der Waals surface area contributed by atoms with Crippen LogP contribution in [0.3, 0.4) is 0 Å². The van der Waals surface area contributed by atoms with Gasteiger partial charge >= 0.3 is 0 Å². The molecule has 1 saturated carbocycles. The lowest BCUT2D eigenvalue weighted by Crippen LogP contribution is -2.43. The molecule has 2 rings (SSSR count). The Labute approximate surface area is 107 Å². The molecular formula is C14H20FNO2. The van der Waals surface area contributed by atoms with E-state index in [1.54, 1.807) is 26.0 Å². The van der Waals surface area contributed by atoms with Crippen molar-refractivity contribution < 1.29 is 14.2 Å². The van der Waals surface area contributed by atoms with Crippen LogP contribution in [0.15, 0.2) is 18.2 Å². The molecule has 1 aromatic rings. The Morgan fingerprint density at radius 1 is 1.50 bits per heavy atom. The first-order valence-electron chi connectivity index (χ1n) is 6.31. The number of benzene rings is 1. The summed E-state index contributed by atoms with van der Waals surface area (Å²) in [6.07, 6.45) is 2.36. The zero-order chi connectivity index (χ0) is 13.2. The number of rotatable bonds is 6. The van der Waals surface area contributed by atoms with E-state index in [-0.39, 0.29) is 12.4 Å². The van der Waals surface area contributed by atoms with Gasteiger partial charge in [0.25, 0.3) is 0 Å². The van der Waals surface area contributed by atoms with Gasteiger partial charge in [0.1, 0.15) is 23.8 Å². The van der Waals surface area contributed by atoms with Crippen LogP contribution < -0.4 is 10.1 Å². The van der Waals surface area contributed by atoms with Crippen LogP contribution in [0.4, 0.5) is 4.39 Å². The highest BCUT2D eigenvalue weighted by atomic mass is 19.1. The first-order chi connectivity index (χ1) is 8.46. The average molecular weight is 253 g/mol. The number of hydrogen-bond acceptors (Lipinski definition) is 3. The van der Waals surface area contributed by atoms with Gasteiger partial charge in [-0.3, -0.25) is 0 Å². The summed E-state index contributed by atoms with van der Waals surface area (Å²) in [4.78, 5) is 0. The van der Waals surface area contributed by atoms with Gasteiger partial charge in [-0.15, -0.1) is 0 Å². The van der Waals surface area contributed by atoms with E-state index in [2.05, 4.69) is 5.32 Å². The Bertz CT molecular complexity index is 416. The topological polar surface area (TPSA) is 41.5 Å². The highest BCUT2D eigenvalue weighted by Gasteiger charge is 2.27. The molecule has 1 aliphatic carbocycles. The van der Waals surface area contributed by atoms with Gasteiger partial charge in [-0.05, 0) is 38.3 Å². The molecule has 0 aliphatic heterocycles. The number of nitrogens with one attached hydrogen (secondary N) is 1. The molecule has 3 nitrogen and oxygen atoms in total. The van der Waals surface area contributed by atoms with Crippen molar-refractivity contribution in [1.82, 2.24) is 5.32 Å². The summed E-state index contributed by atoms with van der Waals surface area (Å²) in [7, 11) is 0. The van der Waals surface area contributed by atoms with Gasteiger partial charge < -0.3 is 15.2 Å². The smallest absolute Gasteiger partial charge is 0.129 e. The molecule has 2 N–H and O–H groups in total. The van der Waals surface area contributed by atoms with Crippen LogP contribution in [0.5, 0.6) is 5.75 Å². The minimum atomic E-state index is -0.941. The number of aryl methyl sites for hydroxylation is 1. The third kappa shape index (κ3) is 3.96. The van der Waals surface area contributed by atoms with Gasteiger partial charge in [0.05, 0.1) is 0 Å². The van der Waals surface area contributed by atoms with Crippen molar-refractivity contribution in [3.8, 4) is 5.75 Å². The molecule has 0 saturated heterocycles. The lowest BCUT2D eigenvalue weighted by atomic mass is 10.1. The quantitative estimate of drug-likeness (QED) is 0.815. The van der Waals surface area contributed by atoms with Crippen LogP contribution in [0.2, 0.25) is 0 Å². The second-order valence-corrected chi connectivity index (χ2v) is 5.35. The van der Waals surface area contributed by atoms with Crippen molar-refractivity contribution in [3.63, 3.8) is 0 Å². The molecular weight excluding hydrogens is 233 g/mol. The summed E-state index contributed by atoms with van der Waals surface area (Å²) < 4.78 is 18.7. The third-order valence-corrected chi connectivity index (χ3v) is 3.04. The van der Waals surface area contributed by atoms with Gasteiger partial charge in [0.15, 0.2) is 0 Å². The Morgan fingerprint density at radius 3 is 2.83 bits per heavy atom. The molecule has 0 amide bonds. The maximum Gasteiger partial charge on any atom is 0.129 e. The van der Waals surface area contributed by atoms with E-state index in [0.717, 1.165) is 0 Å². The minimum absolute atomic E-state index is 0.148. The molecule has 0 spiro atoms. The van der Waals surface area contributed by atoms with Gasteiger partial charge in [-0.2, -0.15) is 0 Å². The van der Waals surface area contributed by atoms with Crippen molar-refractivity contribution in [2.75, 3.05) is 13.2 Å². The maximum atomic E-state index is 13.3. The summed E-state index contributed by atoms with van der Waals surface area (Å²) in [5, 5.41) is 13.3. The fraction of sp³-hybridized carbons (Fsp3) is 0.571. The molecule has 0 bridgehead atoms. The van der Waals surface area contributed by atoms with E-state index in [9.17, 15) is 9.50 Å². The van der Waals surface area contributed by atoms with Crippen molar-refractivity contribution >= 4 is 0 Å². The molecule has 0 radical (unpaired) electrons. The number of ether oxygens (including phenoxy) is 1. The molecule has 0 aromatic heterocycles. The fourth-order valence-electron chi connectivity index (χ4n) is 1.60. The summed E-state index contributed by atoms with van der Waals surface area (Å²) in [5.74, 6) is 0.160. The van der Waals surface area contributed by atoms with Crippen molar-refractivity contribution in [1.29, 1.82) is 0 Å². The zero-order valence-electron chi connectivity index (χ0n) is 10.9. The minimum Gasteiger partial charge on any atom is -0.490 e. The van der Waals surface area contributed by atoms with Crippen molar-refractivity contribution in [2.24, 2.45) is 0 Å². The van der Waals surface area contributed by atoms with Crippen LogP contribution in [-0.4, -0.2) is 29.9 Å². The maximum absolute atomic E-state index is 13.3. The second kappa shape index (κ2) is 5.24. The molecule has 4 heteroatoms. The summed E-state index contributed by atoms with van der Waals surface area (Å²) in [5.41, 5.74) is -0.353. The van der Waals surface area contributed by atoms with E-state index in [4.69, 9.17) is 4.74 Å². The first-order valence-corrected chi connectivity index (χ1v) is 6.31. The molecule has 0 heterocycles.